The van der Waals surface area contributed by atoms with Gasteiger partial charge in [0.2, 0.25) is 0 Å². The van der Waals surface area contributed by atoms with Gasteiger partial charge in [-0.05, 0) is 31.5 Å². The predicted octanol–water partition coefficient (Wildman–Crippen LogP) is 2.80. The second kappa shape index (κ2) is 7.98. The lowest BCUT2D eigenvalue weighted by Gasteiger charge is -2.12. The second-order valence-electron chi connectivity index (χ2n) is 4.84. The number of rotatable bonds is 7. The van der Waals surface area contributed by atoms with Crippen LogP contribution in [0.4, 0.5) is 23.0 Å². The first kappa shape index (κ1) is 16.5. The summed E-state index contributed by atoms with van der Waals surface area (Å²) in [5, 5.41) is 6.25. The third kappa shape index (κ3) is 4.32. The Balaban J connectivity index is 2.19. The number of benzene rings is 1. The molecule has 0 bridgehead atoms. The molecule has 1 aromatic heterocycles. The highest BCUT2D eigenvalue weighted by molar-refractivity contribution is 5.91. The third-order valence-electron chi connectivity index (χ3n) is 3.06. The molecule has 1 heterocycles. The molecule has 0 saturated carbocycles. The number of nitrogens with one attached hydrogen (secondary N) is 2. The summed E-state index contributed by atoms with van der Waals surface area (Å²) in [5.74, 6) is 0.711. The van der Waals surface area contributed by atoms with Crippen molar-refractivity contribution in [1.29, 1.82) is 0 Å². The van der Waals surface area contributed by atoms with E-state index in [1.165, 1.54) is 6.33 Å². The average molecular weight is 315 g/mol. The minimum absolute atomic E-state index is 0.335. The Morgan fingerprint density at radius 2 is 2.04 bits per heavy atom. The molecule has 0 aliphatic carbocycles. The van der Waals surface area contributed by atoms with Crippen LogP contribution < -0.4 is 16.4 Å². The van der Waals surface area contributed by atoms with E-state index in [-0.39, 0.29) is 5.97 Å². The Hall–Kier alpha value is -2.83. The first-order valence-electron chi connectivity index (χ1n) is 7.54. The lowest BCUT2D eigenvalue weighted by molar-refractivity contribution is 0.0526. The Morgan fingerprint density at radius 3 is 2.78 bits per heavy atom. The van der Waals surface area contributed by atoms with Crippen LogP contribution in [0.15, 0.2) is 30.6 Å². The van der Waals surface area contributed by atoms with Crippen molar-refractivity contribution in [3.05, 3.63) is 36.2 Å². The topological polar surface area (TPSA) is 102 Å². The van der Waals surface area contributed by atoms with Gasteiger partial charge in [-0.3, -0.25) is 0 Å². The number of nitrogen functional groups attached to an aromatic ring is 1. The van der Waals surface area contributed by atoms with Gasteiger partial charge in [-0.15, -0.1) is 0 Å². The molecule has 0 unspecified atom stereocenters. The molecule has 122 valence electrons. The zero-order chi connectivity index (χ0) is 16.7. The van der Waals surface area contributed by atoms with E-state index in [1.807, 2.05) is 6.07 Å². The number of carbonyl (C=O) groups is 1. The highest BCUT2D eigenvalue weighted by atomic mass is 16.5. The smallest absolute Gasteiger partial charge is 0.338 e. The molecule has 23 heavy (non-hydrogen) atoms. The van der Waals surface area contributed by atoms with Crippen molar-refractivity contribution >= 4 is 29.0 Å². The summed E-state index contributed by atoms with van der Waals surface area (Å²) in [5.41, 5.74) is 7.67. The van der Waals surface area contributed by atoms with E-state index >= 15 is 0 Å². The summed E-state index contributed by atoms with van der Waals surface area (Å²) < 4.78 is 4.99. The van der Waals surface area contributed by atoms with E-state index in [9.17, 15) is 4.79 Å². The first-order chi connectivity index (χ1) is 11.2. The zero-order valence-corrected chi connectivity index (χ0v) is 13.3. The predicted molar refractivity (Wildman–Crippen MR) is 90.9 cm³/mol. The van der Waals surface area contributed by atoms with Crippen LogP contribution in [0.2, 0.25) is 0 Å². The van der Waals surface area contributed by atoms with Crippen LogP contribution in [0.5, 0.6) is 0 Å². The molecule has 0 radical (unpaired) electrons. The lowest BCUT2D eigenvalue weighted by atomic mass is 10.2. The van der Waals surface area contributed by atoms with Crippen LogP contribution in [0, 0.1) is 0 Å². The Morgan fingerprint density at radius 1 is 1.26 bits per heavy atom. The molecule has 2 rings (SSSR count). The molecule has 7 heteroatoms. The molecular formula is C16H21N5O2. The Labute approximate surface area is 135 Å². The zero-order valence-electron chi connectivity index (χ0n) is 13.3. The van der Waals surface area contributed by atoms with Gasteiger partial charge in [0.1, 0.15) is 12.0 Å². The summed E-state index contributed by atoms with van der Waals surface area (Å²) in [7, 11) is 0. The molecule has 0 aliphatic rings. The third-order valence-corrected chi connectivity index (χ3v) is 3.06. The summed E-state index contributed by atoms with van der Waals surface area (Å²) in [4.78, 5) is 20.1. The molecule has 2 aromatic rings. The quantitative estimate of drug-likeness (QED) is 0.675. The summed E-state index contributed by atoms with van der Waals surface area (Å²) in [6, 6.07) is 6.98. The molecular weight excluding hydrogens is 294 g/mol. The van der Waals surface area contributed by atoms with E-state index < -0.39 is 0 Å². The maximum atomic E-state index is 11.8. The molecule has 7 nitrogen and oxygen atoms in total. The Bertz CT molecular complexity index is 675. The largest absolute Gasteiger partial charge is 0.462 e. The molecule has 0 spiro atoms. The fourth-order valence-electron chi connectivity index (χ4n) is 1.95. The summed E-state index contributed by atoms with van der Waals surface area (Å²) in [6.07, 6.45) is 2.40. The van der Waals surface area contributed by atoms with Crippen molar-refractivity contribution in [2.24, 2.45) is 0 Å². The maximum absolute atomic E-state index is 11.8. The van der Waals surface area contributed by atoms with Crippen molar-refractivity contribution in [2.75, 3.05) is 29.5 Å². The lowest BCUT2D eigenvalue weighted by Crippen LogP contribution is -2.09. The van der Waals surface area contributed by atoms with Gasteiger partial charge in [0.25, 0.3) is 0 Å². The fourth-order valence-corrected chi connectivity index (χ4v) is 1.95. The van der Waals surface area contributed by atoms with Crippen molar-refractivity contribution in [1.82, 2.24) is 9.97 Å². The first-order valence-corrected chi connectivity index (χ1v) is 7.54. The van der Waals surface area contributed by atoms with Crippen LogP contribution in [-0.4, -0.2) is 29.1 Å². The molecule has 0 fully saturated rings. The summed E-state index contributed by atoms with van der Waals surface area (Å²) >= 11 is 0. The van der Waals surface area contributed by atoms with E-state index in [2.05, 4.69) is 27.5 Å². The summed E-state index contributed by atoms with van der Waals surface area (Å²) in [6.45, 7) is 4.94. The molecule has 1 aromatic carbocycles. The molecule has 0 atom stereocenters. The molecule has 0 amide bonds. The minimum Gasteiger partial charge on any atom is -0.462 e. The van der Waals surface area contributed by atoms with Gasteiger partial charge in [-0.1, -0.05) is 13.0 Å². The fraction of sp³-hybridized carbons (Fsp3) is 0.312. The number of carbonyl (C=O) groups excluding carboxylic acids is 1. The van der Waals surface area contributed by atoms with Crippen LogP contribution >= 0.6 is 0 Å². The van der Waals surface area contributed by atoms with E-state index in [4.69, 9.17) is 10.5 Å². The van der Waals surface area contributed by atoms with Gasteiger partial charge in [0.05, 0.1) is 12.2 Å². The monoisotopic (exact) mass is 315 g/mol. The van der Waals surface area contributed by atoms with Crippen LogP contribution in [-0.2, 0) is 4.74 Å². The minimum atomic E-state index is -0.364. The number of anilines is 4. The molecule has 0 aliphatic heterocycles. The number of nitrogens with two attached hydrogens (primary N) is 1. The second-order valence-corrected chi connectivity index (χ2v) is 4.84. The van der Waals surface area contributed by atoms with Crippen molar-refractivity contribution < 1.29 is 9.53 Å². The van der Waals surface area contributed by atoms with Crippen LogP contribution in [0.25, 0.3) is 0 Å². The highest BCUT2D eigenvalue weighted by Gasteiger charge is 2.10. The standard InChI is InChI=1S/C16H21N5O2/c1-3-8-18-14-13(17)15(20-10-19-14)21-12-7-5-6-11(9-12)16(22)23-4-2/h5-7,9-10H,3-4,8,17H2,1-2H3,(H2,18,19,20,21). The normalized spacial score (nSPS) is 10.2. The van der Waals surface area contributed by atoms with Gasteiger partial charge in [0.15, 0.2) is 11.6 Å². The SMILES string of the molecule is CCCNc1ncnc(Nc2cccc(C(=O)OCC)c2)c1N. The van der Waals surface area contributed by atoms with Crippen molar-refractivity contribution in [3.63, 3.8) is 0 Å². The van der Waals surface area contributed by atoms with Crippen molar-refractivity contribution in [2.45, 2.75) is 20.3 Å². The van der Waals surface area contributed by atoms with Gasteiger partial charge in [-0.2, -0.15) is 0 Å². The van der Waals surface area contributed by atoms with E-state index in [1.54, 1.807) is 25.1 Å². The van der Waals surface area contributed by atoms with Gasteiger partial charge < -0.3 is 21.1 Å². The van der Waals surface area contributed by atoms with Gasteiger partial charge in [-0.25, -0.2) is 14.8 Å². The number of ether oxygens (including phenoxy) is 1. The van der Waals surface area contributed by atoms with Crippen LogP contribution in [0.3, 0.4) is 0 Å². The van der Waals surface area contributed by atoms with E-state index in [0.717, 1.165) is 13.0 Å². The number of aromatic nitrogens is 2. The number of hydrogen-bond acceptors (Lipinski definition) is 7. The average Bonchev–Trinajstić information content (AvgIpc) is 2.56. The van der Waals surface area contributed by atoms with Crippen molar-refractivity contribution in [3.8, 4) is 0 Å². The maximum Gasteiger partial charge on any atom is 0.338 e. The van der Waals surface area contributed by atoms with E-state index in [0.29, 0.717) is 35.2 Å². The number of nitrogens with zero attached hydrogens (tertiary/aromatic N) is 2. The van der Waals surface area contributed by atoms with Gasteiger partial charge in [0, 0.05) is 12.2 Å². The van der Waals surface area contributed by atoms with Crippen LogP contribution in [0.1, 0.15) is 30.6 Å². The Kier molecular flexibility index (Phi) is 5.74. The number of esters is 1. The molecule has 4 N–H and O–H groups in total. The number of hydrogen-bond donors (Lipinski definition) is 3. The van der Waals surface area contributed by atoms with Gasteiger partial charge >= 0.3 is 5.97 Å². The molecule has 0 saturated heterocycles. The highest BCUT2D eigenvalue weighted by Crippen LogP contribution is 2.26.